The highest BCUT2D eigenvalue weighted by atomic mass is 16.6. The van der Waals surface area contributed by atoms with Crippen molar-refractivity contribution in [2.75, 3.05) is 0 Å². The van der Waals surface area contributed by atoms with Gasteiger partial charge in [-0.15, -0.1) is 0 Å². The number of aliphatic hydroxyl groups is 1. The molecule has 0 aliphatic heterocycles. The molecule has 0 radical (unpaired) electrons. The molecule has 0 rings (SSSR count). The van der Waals surface area contributed by atoms with E-state index < -0.39 is 11.7 Å². The summed E-state index contributed by atoms with van der Waals surface area (Å²) in [5.41, 5.74) is -0.476. The highest BCUT2D eigenvalue weighted by molar-refractivity contribution is 5.70. The van der Waals surface area contributed by atoms with E-state index in [0.29, 0.717) is 6.42 Å². The Morgan fingerprint density at radius 1 is 0.565 bits per heavy atom. The molecule has 0 aromatic carbocycles. The van der Waals surface area contributed by atoms with Crippen molar-refractivity contribution in [3.63, 3.8) is 0 Å². The van der Waals surface area contributed by atoms with Crippen LogP contribution >= 0.6 is 0 Å². The van der Waals surface area contributed by atoms with E-state index in [-0.39, 0.29) is 12.4 Å². The van der Waals surface area contributed by atoms with Crippen LogP contribution in [0.15, 0.2) is 48.6 Å². The van der Waals surface area contributed by atoms with Crippen LogP contribution in [0.2, 0.25) is 0 Å². The van der Waals surface area contributed by atoms with Crippen LogP contribution in [0.1, 0.15) is 195 Å². The zero-order chi connectivity index (χ0) is 34.4. The van der Waals surface area contributed by atoms with Crippen molar-refractivity contribution in [1.82, 2.24) is 0 Å². The van der Waals surface area contributed by atoms with Gasteiger partial charge in [0.05, 0.1) is 12.5 Å². The van der Waals surface area contributed by atoms with Crippen LogP contribution < -0.4 is 0 Å². The highest BCUT2D eigenvalue weighted by Gasteiger charge is 2.18. The summed E-state index contributed by atoms with van der Waals surface area (Å²) < 4.78 is 5.23. The molecule has 0 heterocycles. The Kier molecular flexibility index (Phi) is 37.7. The summed E-state index contributed by atoms with van der Waals surface area (Å²) in [7, 11) is 0. The molecule has 0 aliphatic rings. The first-order valence-electron chi connectivity index (χ1n) is 19.2. The zero-order valence-corrected chi connectivity index (χ0v) is 31.1. The first kappa shape index (κ1) is 46.2. The van der Waals surface area contributed by atoms with Crippen LogP contribution in [0, 0.1) is 0 Å². The minimum atomic E-state index is -0.571. The first-order valence-corrected chi connectivity index (χ1v) is 19.2. The minimum Gasteiger partial charge on any atom is -0.460 e. The number of hydrogen-bond acceptors (Lipinski definition) is 4. The Hall–Kier alpha value is -1.94. The standard InChI is InChI=1S/C24H44O3.C18H32O/c1-5-6-7-8-9-10-11-12-13-14-15-16-17-18-19-20-22(25)21-23(26)27-24(2,3)4;1-2-3-4-5-6-7-8-9-10-11-12-13-14-15-16-17-18-19/h9-10,12-13,22,25H,5-8,11,14-21H2,1-4H3;6-7,9-10,18H,2-5,8,11-17H2,1H3/b10-9-,13-12-;7-6-,10-9-. The largest absolute Gasteiger partial charge is 0.460 e. The Morgan fingerprint density at radius 2 is 0.935 bits per heavy atom. The van der Waals surface area contributed by atoms with Crippen LogP contribution in [-0.2, 0) is 14.3 Å². The van der Waals surface area contributed by atoms with Crippen molar-refractivity contribution in [2.45, 2.75) is 207 Å². The average molecular weight is 645 g/mol. The number of hydrogen-bond donors (Lipinski definition) is 1. The first-order chi connectivity index (χ1) is 22.3. The molecule has 268 valence electrons. The molecular formula is C42H76O4. The summed E-state index contributed by atoms with van der Waals surface area (Å²) in [6, 6.07) is 0. The lowest BCUT2D eigenvalue weighted by atomic mass is 10.1. The Bertz CT molecular complexity index is 756. The van der Waals surface area contributed by atoms with E-state index in [9.17, 15) is 14.7 Å². The number of carbonyl (C=O) groups excluding carboxylic acids is 2. The van der Waals surface area contributed by atoms with Gasteiger partial charge in [-0.1, -0.05) is 133 Å². The van der Waals surface area contributed by atoms with Gasteiger partial charge in [-0.05, 0) is 97.8 Å². The maximum absolute atomic E-state index is 11.6. The molecular weight excluding hydrogens is 568 g/mol. The lowest BCUT2D eigenvalue weighted by Crippen LogP contribution is -2.26. The van der Waals surface area contributed by atoms with E-state index >= 15 is 0 Å². The quantitative estimate of drug-likeness (QED) is 0.0366. The van der Waals surface area contributed by atoms with Crippen molar-refractivity contribution < 1.29 is 19.4 Å². The fourth-order valence-corrected chi connectivity index (χ4v) is 4.91. The van der Waals surface area contributed by atoms with Crippen molar-refractivity contribution in [3.8, 4) is 0 Å². The van der Waals surface area contributed by atoms with Crippen molar-refractivity contribution in [3.05, 3.63) is 48.6 Å². The lowest BCUT2D eigenvalue weighted by Gasteiger charge is -2.20. The zero-order valence-electron chi connectivity index (χ0n) is 31.1. The third kappa shape index (κ3) is 44.2. The number of allylic oxidation sites excluding steroid dienone is 8. The summed E-state index contributed by atoms with van der Waals surface area (Å²) in [5, 5.41) is 9.90. The molecule has 0 amide bonds. The van der Waals surface area contributed by atoms with E-state index in [1.54, 1.807) is 0 Å². The molecule has 0 aliphatic carbocycles. The number of esters is 1. The van der Waals surface area contributed by atoms with E-state index in [1.807, 2.05) is 20.8 Å². The number of aliphatic hydroxyl groups excluding tert-OH is 1. The van der Waals surface area contributed by atoms with Gasteiger partial charge in [0.25, 0.3) is 0 Å². The molecule has 1 unspecified atom stereocenters. The van der Waals surface area contributed by atoms with Crippen molar-refractivity contribution in [1.29, 1.82) is 0 Å². The monoisotopic (exact) mass is 645 g/mol. The predicted octanol–water partition coefficient (Wildman–Crippen LogP) is 12.9. The third-order valence-electron chi connectivity index (χ3n) is 7.58. The van der Waals surface area contributed by atoms with Gasteiger partial charge in [-0.25, -0.2) is 0 Å². The van der Waals surface area contributed by atoms with Gasteiger partial charge in [0, 0.05) is 6.42 Å². The van der Waals surface area contributed by atoms with Crippen LogP contribution in [-0.4, -0.2) is 29.1 Å². The summed E-state index contributed by atoms with van der Waals surface area (Å²) in [5.74, 6) is -0.308. The van der Waals surface area contributed by atoms with Crippen molar-refractivity contribution in [2.24, 2.45) is 0 Å². The SMILES string of the molecule is CCCCC/C=C\C/C=C\CCCCCCCC(O)CC(=O)OC(C)(C)C.CCCCC/C=C\C/C=C\CCCCCCCC=O. The van der Waals surface area contributed by atoms with E-state index in [1.165, 1.54) is 103 Å². The summed E-state index contributed by atoms with van der Waals surface area (Å²) in [6.45, 7) is 10.0. The minimum absolute atomic E-state index is 0.106. The summed E-state index contributed by atoms with van der Waals surface area (Å²) >= 11 is 0. The molecule has 1 N–H and O–H groups in total. The second-order valence-corrected chi connectivity index (χ2v) is 13.6. The molecule has 4 heteroatoms. The molecule has 1 atom stereocenters. The molecule has 0 bridgehead atoms. The normalized spacial score (nSPS) is 12.7. The maximum atomic E-state index is 11.6. The third-order valence-corrected chi connectivity index (χ3v) is 7.58. The molecule has 0 aromatic rings. The number of unbranched alkanes of at least 4 members (excludes halogenated alkanes) is 17. The van der Waals surface area contributed by atoms with Crippen molar-refractivity contribution >= 4 is 12.3 Å². The molecule has 0 saturated heterocycles. The van der Waals surface area contributed by atoms with E-state index in [4.69, 9.17) is 4.74 Å². The number of ether oxygens (including phenoxy) is 1. The Labute approximate surface area is 286 Å². The molecule has 46 heavy (non-hydrogen) atoms. The lowest BCUT2D eigenvalue weighted by molar-refractivity contribution is -0.157. The molecule has 0 saturated carbocycles. The number of rotatable bonds is 30. The van der Waals surface area contributed by atoms with Gasteiger partial charge >= 0.3 is 5.97 Å². The summed E-state index contributed by atoms with van der Waals surface area (Å²) in [4.78, 5) is 21.8. The fourth-order valence-electron chi connectivity index (χ4n) is 4.91. The molecule has 4 nitrogen and oxygen atoms in total. The van der Waals surface area contributed by atoms with Crippen LogP contribution in [0.3, 0.4) is 0 Å². The molecule has 0 fully saturated rings. The smallest absolute Gasteiger partial charge is 0.308 e. The molecule has 0 aromatic heterocycles. The Balaban J connectivity index is 0. The molecule has 0 spiro atoms. The van der Waals surface area contributed by atoms with Gasteiger partial charge in [0.1, 0.15) is 11.9 Å². The second kappa shape index (κ2) is 37.5. The fraction of sp³-hybridized carbons (Fsp3) is 0.762. The van der Waals surface area contributed by atoms with Gasteiger partial charge in [0.15, 0.2) is 0 Å². The Morgan fingerprint density at radius 3 is 1.33 bits per heavy atom. The average Bonchev–Trinajstić information content (AvgIpc) is 3.00. The van der Waals surface area contributed by atoms with Crippen LogP contribution in [0.25, 0.3) is 0 Å². The second-order valence-electron chi connectivity index (χ2n) is 13.6. The predicted molar refractivity (Wildman–Crippen MR) is 201 cm³/mol. The van der Waals surface area contributed by atoms with Gasteiger partial charge in [-0.3, -0.25) is 4.79 Å². The van der Waals surface area contributed by atoms with Gasteiger partial charge in [-0.2, -0.15) is 0 Å². The number of aldehydes is 1. The summed E-state index contributed by atoms with van der Waals surface area (Å²) in [6.07, 6.45) is 47.1. The van der Waals surface area contributed by atoms with Gasteiger partial charge in [0.2, 0.25) is 0 Å². The topological polar surface area (TPSA) is 63.6 Å². The highest BCUT2D eigenvalue weighted by Crippen LogP contribution is 2.14. The number of carbonyl (C=O) groups is 2. The van der Waals surface area contributed by atoms with Crippen LogP contribution in [0.5, 0.6) is 0 Å². The maximum Gasteiger partial charge on any atom is 0.308 e. The van der Waals surface area contributed by atoms with Gasteiger partial charge < -0.3 is 14.6 Å². The van der Waals surface area contributed by atoms with E-state index in [0.717, 1.165) is 51.2 Å². The van der Waals surface area contributed by atoms with E-state index in [2.05, 4.69) is 62.5 Å². The van der Waals surface area contributed by atoms with Crippen LogP contribution in [0.4, 0.5) is 0 Å².